The summed E-state index contributed by atoms with van der Waals surface area (Å²) in [7, 11) is 0. The molecule has 0 saturated carbocycles. The molecular weight excluding hydrogens is 154 g/mol. The van der Waals surface area contributed by atoms with Crippen molar-refractivity contribution in [2.45, 2.75) is 39.2 Å². The third-order valence-electron chi connectivity index (χ3n) is 1.43. The maximum Gasteiger partial charge on any atom is 0.00965 e. The molecule has 0 aromatic heterocycles. The minimum atomic E-state index is 0.291. The summed E-state index contributed by atoms with van der Waals surface area (Å²) in [5, 5.41) is 3.47. The summed E-state index contributed by atoms with van der Waals surface area (Å²) in [5.74, 6) is 1.30. The summed E-state index contributed by atoms with van der Waals surface area (Å²) >= 11 is 1.93. The van der Waals surface area contributed by atoms with E-state index < -0.39 is 0 Å². The monoisotopic (exact) mass is 175 g/mol. The molecule has 0 aliphatic carbocycles. The smallest absolute Gasteiger partial charge is 0.00965 e. The summed E-state index contributed by atoms with van der Waals surface area (Å²) in [4.78, 5) is 0. The molecule has 0 heterocycles. The van der Waals surface area contributed by atoms with Gasteiger partial charge in [0.15, 0.2) is 0 Å². The van der Waals surface area contributed by atoms with Crippen LogP contribution in [-0.4, -0.2) is 24.1 Å². The van der Waals surface area contributed by atoms with Crippen molar-refractivity contribution in [1.29, 1.82) is 0 Å². The van der Waals surface area contributed by atoms with Gasteiger partial charge in [-0.1, -0.05) is 0 Å². The molecule has 0 aliphatic rings. The second kappa shape index (κ2) is 5.90. The fraction of sp³-hybridized carbons (Fsp3) is 1.00. The van der Waals surface area contributed by atoms with Gasteiger partial charge in [0.25, 0.3) is 0 Å². The van der Waals surface area contributed by atoms with E-state index in [1.54, 1.807) is 0 Å². The van der Waals surface area contributed by atoms with Gasteiger partial charge in [-0.25, -0.2) is 0 Å². The van der Waals surface area contributed by atoms with Crippen molar-refractivity contribution in [2.24, 2.45) is 0 Å². The molecule has 0 saturated heterocycles. The van der Waals surface area contributed by atoms with E-state index in [9.17, 15) is 0 Å². The van der Waals surface area contributed by atoms with Crippen molar-refractivity contribution < 1.29 is 0 Å². The molecule has 2 heteroatoms. The molecule has 0 bridgehead atoms. The molecule has 1 nitrogen and oxygen atoms in total. The molecule has 68 valence electrons. The van der Waals surface area contributed by atoms with Crippen LogP contribution in [0.15, 0.2) is 0 Å². The first-order valence-electron chi connectivity index (χ1n) is 4.30. The normalized spacial score (nSPS) is 12.0. The average Bonchev–Trinajstić information content (AvgIpc) is 1.85. The summed E-state index contributed by atoms with van der Waals surface area (Å²) in [6, 6.07) is 0. The van der Waals surface area contributed by atoms with E-state index in [1.165, 1.54) is 18.6 Å². The molecular formula is C9H21NS. The van der Waals surface area contributed by atoms with Crippen molar-refractivity contribution >= 4 is 11.8 Å². The number of unbranched alkanes of at least 4 members (excludes halogenated alkanes) is 1. The van der Waals surface area contributed by atoms with Gasteiger partial charge in [0, 0.05) is 5.54 Å². The third kappa shape index (κ3) is 10.3. The van der Waals surface area contributed by atoms with Crippen LogP contribution in [0.3, 0.4) is 0 Å². The van der Waals surface area contributed by atoms with E-state index in [-0.39, 0.29) is 0 Å². The van der Waals surface area contributed by atoms with Crippen LogP contribution in [0.1, 0.15) is 33.6 Å². The molecule has 0 radical (unpaired) electrons. The molecule has 0 amide bonds. The fourth-order valence-electron chi connectivity index (χ4n) is 0.835. The van der Waals surface area contributed by atoms with Crippen LogP contribution in [0, 0.1) is 0 Å². The molecule has 1 N–H and O–H groups in total. The van der Waals surface area contributed by atoms with Crippen LogP contribution in [0.25, 0.3) is 0 Å². The zero-order chi connectivity index (χ0) is 8.74. The Morgan fingerprint density at radius 2 is 1.82 bits per heavy atom. The Labute approximate surface area is 75.3 Å². The van der Waals surface area contributed by atoms with Gasteiger partial charge in [-0.15, -0.1) is 0 Å². The lowest BCUT2D eigenvalue weighted by Gasteiger charge is -2.20. The maximum absolute atomic E-state index is 3.47. The average molecular weight is 175 g/mol. The van der Waals surface area contributed by atoms with Gasteiger partial charge in [0.2, 0.25) is 0 Å². The Morgan fingerprint density at radius 1 is 1.18 bits per heavy atom. The van der Waals surface area contributed by atoms with E-state index in [1.807, 2.05) is 11.8 Å². The molecule has 0 spiro atoms. The second-order valence-corrected chi connectivity index (χ2v) is 4.86. The van der Waals surface area contributed by atoms with Crippen LogP contribution >= 0.6 is 11.8 Å². The minimum absolute atomic E-state index is 0.291. The predicted octanol–water partition coefficient (Wildman–Crippen LogP) is 2.52. The van der Waals surface area contributed by atoms with Gasteiger partial charge < -0.3 is 5.32 Å². The highest BCUT2D eigenvalue weighted by Gasteiger charge is 2.06. The number of nitrogens with one attached hydrogen (secondary N) is 1. The van der Waals surface area contributed by atoms with Crippen molar-refractivity contribution in [2.75, 3.05) is 18.6 Å². The molecule has 0 rings (SSSR count). The highest BCUT2D eigenvalue weighted by atomic mass is 32.2. The van der Waals surface area contributed by atoms with Crippen molar-refractivity contribution in [3.8, 4) is 0 Å². The number of thioether (sulfide) groups is 1. The minimum Gasteiger partial charge on any atom is -0.312 e. The van der Waals surface area contributed by atoms with Crippen molar-refractivity contribution in [3.05, 3.63) is 0 Å². The summed E-state index contributed by atoms with van der Waals surface area (Å²) in [6.45, 7) is 7.79. The largest absolute Gasteiger partial charge is 0.312 e. The Balaban J connectivity index is 3.02. The zero-order valence-electron chi connectivity index (χ0n) is 8.24. The quantitative estimate of drug-likeness (QED) is 0.644. The van der Waals surface area contributed by atoms with Crippen molar-refractivity contribution in [1.82, 2.24) is 5.32 Å². The second-order valence-electron chi connectivity index (χ2n) is 3.88. The summed E-state index contributed by atoms with van der Waals surface area (Å²) < 4.78 is 0. The number of rotatable bonds is 5. The van der Waals surface area contributed by atoms with Gasteiger partial charge in [0.1, 0.15) is 0 Å². The highest BCUT2D eigenvalue weighted by molar-refractivity contribution is 7.98. The van der Waals surface area contributed by atoms with Crippen molar-refractivity contribution in [3.63, 3.8) is 0 Å². The molecule has 0 unspecified atom stereocenters. The van der Waals surface area contributed by atoms with Crippen LogP contribution in [0.5, 0.6) is 0 Å². The van der Waals surface area contributed by atoms with Gasteiger partial charge in [0.05, 0.1) is 0 Å². The van der Waals surface area contributed by atoms with Crippen LogP contribution in [-0.2, 0) is 0 Å². The summed E-state index contributed by atoms with van der Waals surface area (Å²) in [6.07, 6.45) is 4.81. The van der Waals surface area contributed by atoms with Crippen LogP contribution in [0.4, 0.5) is 0 Å². The van der Waals surface area contributed by atoms with Gasteiger partial charge >= 0.3 is 0 Å². The first kappa shape index (κ1) is 11.3. The third-order valence-corrected chi connectivity index (χ3v) is 2.13. The molecule has 0 aromatic carbocycles. The van der Waals surface area contributed by atoms with E-state index in [4.69, 9.17) is 0 Å². The van der Waals surface area contributed by atoms with E-state index in [2.05, 4.69) is 32.3 Å². The number of hydrogen-bond acceptors (Lipinski definition) is 2. The maximum atomic E-state index is 3.47. The van der Waals surface area contributed by atoms with Gasteiger partial charge in [-0.2, -0.15) is 11.8 Å². The number of hydrogen-bond donors (Lipinski definition) is 1. The lowest BCUT2D eigenvalue weighted by molar-refractivity contribution is 0.421. The molecule has 0 aliphatic heterocycles. The Bertz CT molecular complexity index is 86.1. The van der Waals surface area contributed by atoms with Crippen LogP contribution < -0.4 is 5.32 Å². The molecule has 0 aromatic rings. The molecule has 0 atom stereocenters. The molecule has 11 heavy (non-hydrogen) atoms. The highest BCUT2D eigenvalue weighted by Crippen LogP contribution is 2.01. The summed E-state index contributed by atoms with van der Waals surface area (Å²) in [5.41, 5.74) is 0.291. The first-order chi connectivity index (χ1) is 5.06. The van der Waals surface area contributed by atoms with Gasteiger partial charge in [-0.05, 0) is 52.2 Å². The Morgan fingerprint density at radius 3 is 2.27 bits per heavy atom. The fourth-order valence-corrected chi connectivity index (χ4v) is 1.33. The van der Waals surface area contributed by atoms with E-state index in [0.717, 1.165) is 6.54 Å². The zero-order valence-corrected chi connectivity index (χ0v) is 9.05. The Hall–Kier alpha value is 0.310. The predicted molar refractivity (Wildman–Crippen MR) is 55.4 cm³/mol. The molecule has 0 fully saturated rings. The van der Waals surface area contributed by atoms with E-state index in [0.29, 0.717) is 5.54 Å². The first-order valence-corrected chi connectivity index (χ1v) is 5.69. The lowest BCUT2D eigenvalue weighted by atomic mass is 10.1. The Kier molecular flexibility index (Phi) is 6.06. The van der Waals surface area contributed by atoms with Gasteiger partial charge in [-0.3, -0.25) is 0 Å². The van der Waals surface area contributed by atoms with Crippen LogP contribution in [0.2, 0.25) is 0 Å². The van der Waals surface area contributed by atoms with E-state index >= 15 is 0 Å². The standard InChI is InChI=1S/C9H21NS/c1-9(2,3)10-7-5-6-8-11-4/h10H,5-8H2,1-4H3. The topological polar surface area (TPSA) is 12.0 Å². The SMILES string of the molecule is CSCCCCNC(C)(C)C. The lowest BCUT2D eigenvalue weighted by Crippen LogP contribution is -2.36.